The van der Waals surface area contributed by atoms with Gasteiger partial charge in [-0.25, -0.2) is 0 Å². The van der Waals surface area contributed by atoms with Crippen LogP contribution in [0.15, 0.2) is 128 Å². The van der Waals surface area contributed by atoms with Gasteiger partial charge in [-0.3, -0.25) is 29.9 Å². The SMILES string of the molecule is Cc1ccc(-c2ccc(CCc3cc(CCc4ccc(-c5ccc(C)cn5)nc4)cc(CCc4ccc(-c5ccc(C)cn5)nc4)c3)cn2)nc1. The van der Waals surface area contributed by atoms with Crippen LogP contribution in [0.1, 0.15) is 50.1 Å². The predicted molar refractivity (Wildman–Crippen MR) is 205 cm³/mol. The van der Waals surface area contributed by atoms with Gasteiger partial charge in [-0.2, -0.15) is 0 Å². The Morgan fingerprint density at radius 2 is 0.510 bits per heavy atom. The number of benzene rings is 1. The Morgan fingerprint density at radius 1 is 0.275 bits per heavy atom. The highest BCUT2D eigenvalue weighted by Gasteiger charge is 2.08. The number of pyridine rings is 6. The first-order chi connectivity index (χ1) is 24.9. The molecule has 6 heteroatoms. The molecule has 0 unspecified atom stereocenters. The molecule has 0 bridgehead atoms. The molecule has 0 radical (unpaired) electrons. The average Bonchev–Trinajstić information content (AvgIpc) is 3.17. The van der Waals surface area contributed by atoms with Crippen molar-refractivity contribution < 1.29 is 0 Å². The highest BCUT2D eigenvalue weighted by Crippen LogP contribution is 2.21. The molecule has 0 spiro atoms. The Kier molecular flexibility index (Phi) is 10.4. The number of nitrogens with zero attached hydrogens (tertiary/aromatic N) is 6. The Bertz CT molecular complexity index is 1910. The lowest BCUT2D eigenvalue weighted by Gasteiger charge is -2.12. The van der Waals surface area contributed by atoms with E-state index in [1.165, 1.54) is 33.4 Å². The number of hydrogen-bond donors (Lipinski definition) is 0. The van der Waals surface area contributed by atoms with Crippen LogP contribution >= 0.6 is 0 Å². The highest BCUT2D eigenvalue weighted by molar-refractivity contribution is 5.56. The van der Waals surface area contributed by atoms with Crippen molar-refractivity contribution in [3.05, 3.63) is 178 Å². The van der Waals surface area contributed by atoms with Crippen LogP contribution in [0.25, 0.3) is 34.2 Å². The third kappa shape index (κ3) is 9.03. The zero-order valence-corrected chi connectivity index (χ0v) is 29.6. The first-order valence-electron chi connectivity index (χ1n) is 17.7. The summed E-state index contributed by atoms with van der Waals surface area (Å²) in [5.74, 6) is 0. The molecule has 0 aliphatic heterocycles. The number of aromatic nitrogens is 6. The summed E-state index contributed by atoms with van der Waals surface area (Å²) in [4.78, 5) is 27.8. The van der Waals surface area contributed by atoms with Crippen LogP contribution in [-0.2, 0) is 38.5 Å². The van der Waals surface area contributed by atoms with Crippen molar-refractivity contribution in [1.82, 2.24) is 29.9 Å². The monoisotopic (exact) mass is 666 g/mol. The minimum Gasteiger partial charge on any atom is -0.254 e. The molecule has 7 rings (SSSR count). The van der Waals surface area contributed by atoms with Crippen LogP contribution < -0.4 is 0 Å². The van der Waals surface area contributed by atoms with E-state index in [0.717, 1.165) is 89.4 Å². The summed E-state index contributed by atoms with van der Waals surface area (Å²) in [6.07, 6.45) is 17.3. The predicted octanol–water partition coefficient (Wildman–Crippen LogP) is 9.34. The van der Waals surface area contributed by atoms with Crippen molar-refractivity contribution in [1.29, 1.82) is 0 Å². The first kappa shape index (κ1) is 33.6. The zero-order chi connectivity index (χ0) is 35.0. The van der Waals surface area contributed by atoms with Gasteiger partial charge < -0.3 is 0 Å². The van der Waals surface area contributed by atoms with Crippen molar-refractivity contribution in [3.63, 3.8) is 0 Å². The van der Waals surface area contributed by atoms with Crippen molar-refractivity contribution in [2.45, 2.75) is 59.3 Å². The van der Waals surface area contributed by atoms with Crippen LogP contribution in [-0.4, -0.2) is 29.9 Å². The van der Waals surface area contributed by atoms with Gasteiger partial charge in [-0.1, -0.05) is 54.6 Å². The minimum absolute atomic E-state index is 0.901. The lowest BCUT2D eigenvalue weighted by Crippen LogP contribution is -2.01. The molecular weight excluding hydrogens is 625 g/mol. The van der Waals surface area contributed by atoms with Gasteiger partial charge in [-0.05, 0) is 146 Å². The van der Waals surface area contributed by atoms with E-state index in [0.29, 0.717) is 0 Å². The zero-order valence-electron chi connectivity index (χ0n) is 29.6. The smallest absolute Gasteiger partial charge is 0.0886 e. The Hall–Kier alpha value is -5.88. The molecule has 0 atom stereocenters. The Labute approximate surface area is 300 Å². The summed E-state index contributed by atoms with van der Waals surface area (Å²) in [6, 6.07) is 32.2. The maximum Gasteiger partial charge on any atom is 0.0886 e. The standard InChI is InChI=1S/C45H42N6/c1-31-4-16-40(46-25-31)43-19-13-34(28-49-43)7-10-37-22-38(11-8-35-14-20-44(50-29-35)41-17-5-32(2)26-47-41)24-39(23-37)12-9-36-15-21-45(51-30-36)42-18-6-33(3)27-48-42/h4-6,13-30H,7-12H2,1-3H3. The molecule has 6 aromatic heterocycles. The van der Waals surface area contributed by atoms with Crippen molar-refractivity contribution in [2.75, 3.05) is 0 Å². The van der Waals surface area contributed by atoms with E-state index in [2.05, 4.69) is 87.7 Å². The summed E-state index contributed by atoms with van der Waals surface area (Å²) < 4.78 is 0. The van der Waals surface area contributed by atoms with Gasteiger partial charge in [0.1, 0.15) is 0 Å². The van der Waals surface area contributed by atoms with E-state index in [1.54, 1.807) is 0 Å². The third-order valence-corrected chi connectivity index (χ3v) is 9.22. The van der Waals surface area contributed by atoms with Gasteiger partial charge in [0.15, 0.2) is 0 Å². The first-order valence-corrected chi connectivity index (χ1v) is 17.7. The molecule has 252 valence electrons. The maximum absolute atomic E-state index is 4.73. The molecule has 6 heterocycles. The van der Waals surface area contributed by atoms with E-state index in [4.69, 9.17) is 15.0 Å². The third-order valence-electron chi connectivity index (χ3n) is 9.22. The summed E-state index contributed by atoms with van der Waals surface area (Å²) in [5, 5.41) is 0. The fourth-order valence-electron chi connectivity index (χ4n) is 6.17. The molecule has 7 aromatic rings. The van der Waals surface area contributed by atoms with E-state index in [9.17, 15) is 0 Å². The summed E-state index contributed by atoms with van der Waals surface area (Å²) in [6.45, 7) is 6.14. The van der Waals surface area contributed by atoms with Gasteiger partial charge in [0.25, 0.3) is 0 Å². The molecule has 1 aromatic carbocycles. The molecule has 6 nitrogen and oxygen atoms in total. The average molecular weight is 667 g/mol. The molecule has 0 aliphatic carbocycles. The largest absolute Gasteiger partial charge is 0.254 e. The van der Waals surface area contributed by atoms with Crippen LogP contribution in [0, 0.1) is 20.8 Å². The van der Waals surface area contributed by atoms with Gasteiger partial charge in [0, 0.05) is 37.2 Å². The summed E-state index contributed by atoms with van der Waals surface area (Å²) >= 11 is 0. The van der Waals surface area contributed by atoms with Crippen LogP contribution in [0.5, 0.6) is 0 Å². The van der Waals surface area contributed by atoms with Crippen molar-refractivity contribution in [2.24, 2.45) is 0 Å². The maximum atomic E-state index is 4.73. The molecular formula is C45H42N6. The number of aryl methyl sites for hydroxylation is 9. The molecule has 0 amide bonds. The second kappa shape index (κ2) is 15.8. The summed E-state index contributed by atoms with van der Waals surface area (Å²) in [5.41, 5.74) is 16.6. The number of hydrogen-bond acceptors (Lipinski definition) is 6. The van der Waals surface area contributed by atoms with Crippen LogP contribution in [0.3, 0.4) is 0 Å². The molecule has 0 saturated heterocycles. The minimum atomic E-state index is 0.901. The summed E-state index contributed by atoms with van der Waals surface area (Å²) in [7, 11) is 0. The Balaban J connectivity index is 1.04. The van der Waals surface area contributed by atoms with E-state index < -0.39 is 0 Å². The quantitative estimate of drug-likeness (QED) is 0.129. The van der Waals surface area contributed by atoms with E-state index >= 15 is 0 Å². The lowest BCUT2D eigenvalue weighted by molar-refractivity contribution is 0.897. The second-order valence-electron chi connectivity index (χ2n) is 13.5. The van der Waals surface area contributed by atoms with Crippen LogP contribution in [0.4, 0.5) is 0 Å². The fourth-order valence-corrected chi connectivity index (χ4v) is 6.17. The van der Waals surface area contributed by atoms with Gasteiger partial charge in [0.05, 0.1) is 34.2 Å². The highest BCUT2D eigenvalue weighted by atomic mass is 14.8. The molecule has 51 heavy (non-hydrogen) atoms. The van der Waals surface area contributed by atoms with E-state index in [1.807, 2.05) is 76.2 Å². The lowest BCUT2D eigenvalue weighted by atomic mass is 9.95. The van der Waals surface area contributed by atoms with Crippen molar-refractivity contribution in [3.8, 4) is 34.2 Å². The van der Waals surface area contributed by atoms with Crippen LogP contribution in [0.2, 0.25) is 0 Å². The van der Waals surface area contributed by atoms with Gasteiger partial charge >= 0.3 is 0 Å². The van der Waals surface area contributed by atoms with Crippen molar-refractivity contribution >= 4 is 0 Å². The van der Waals surface area contributed by atoms with E-state index in [-0.39, 0.29) is 0 Å². The normalized spacial score (nSPS) is 11.1. The second-order valence-corrected chi connectivity index (χ2v) is 13.5. The molecule has 0 saturated carbocycles. The van der Waals surface area contributed by atoms with Gasteiger partial charge in [0.2, 0.25) is 0 Å². The topological polar surface area (TPSA) is 77.3 Å². The van der Waals surface area contributed by atoms with Gasteiger partial charge in [-0.15, -0.1) is 0 Å². The fraction of sp³-hybridized carbons (Fsp3) is 0.200. The number of rotatable bonds is 12. The Morgan fingerprint density at radius 3 is 0.725 bits per heavy atom. The molecule has 0 fully saturated rings. The molecule has 0 aliphatic rings. The molecule has 0 N–H and O–H groups in total.